The molecule has 0 saturated heterocycles. The van der Waals surface area contributed by atoms with Crippen molar-refractivity contribution in [2.75, 3.05) is 0 Å². The Morgan fingerprint density at radius 3 is 3.17 bits per heavy atom. The van der Waals surface area contributed by atoms with E-state index in [9.17, 15) is 4.79 Å². The van der Waals surface area contributed by atoms with Crippen LogP contribution in [0.4, 0.5) is 0 Å². The van der Waals surface area contributed by atoms with Crippen LogP contribution in [0, 0.1) is 0 Å². The monoisotopic (exact) mass is 173 g/mol. The molecular weight excluding hydrogens is 169 g/mol. The highest BCUT2D eigenvalue weighted by molar-refractivity contribution is 6.36. The Bertz CT molecular complexity index is 479. The lowest BCUT2D eigenvalue weighted by atomic mass is 10.3. The summed E-state index contributed by atoms with van der Waals surface area (Å²) in [6.45, 7) is 0. The van der Waals surface area contributed by atoms with Gasteiger partial charge in [-0.15, -0.1) is 0 Å². The van der Waals surface area contributed by atoms with Crippen LogP contribution >= 0.6 is 0 Å². The van der Waals surface area contributed by atoms with Gasteiger partial charge in [0.2, 0.25) is 16.3 Å². The van der Waals surface area contributed by atoms with Crippen LogP contribution in [0.15, 0.2) is 23.3 Å². The van der Waals surface area contributed by atoms with E-state index in [0.29, 0.717) is 5.52 Å². The summed E-state index contributed by atoms with van der Waals surface area (Å²) in [4.78, 5) is 21.2. The lowest BCUT2D eigenvalue weighted by molar-refractivity contribution is 1.14. The van der Waals surface area contributed by atoms with Gasteiger partial charge >= 0.3 is 5.69 Å². The Hall–Kier alpha value is -1.18. The fraction of sp³-hybridized carbons (Fsp3) is 0. The number of nitrogens with zero attached hydrogens (tertiary/aromatic N) is 2. The topological polar surface area (TPSA) is 58.6 Å². The molecule has 2 radical (unpaired) electrons. The third-order valence-corrected chi connectivity index (χ3v) is 2.01. The van der Waals surface area contributed by atoms with Crippen molar-refractivity contribution in [2.45, 2.75) is 0 Å². The largest absolute Gasteiger partial charge is 0.344 e. The van der Waals surface area contributed by atoms with Crippen molar-refractivity contribution in [3.63, 3.8) is 0 Å². The van der Waals surface area contributed by atoms with Gasteiger partial charge in [0.1, 0.15) is 0 Å². The van der Waals surface area contributed by atoms with Gasteiger partial charge in [-0.2, -0.15) is 4.98 Å². The third-order valence-electron chi connectivity index (χ3n) is 1.55. The number of fused-ring (bicyclic) bond motifs is 1. The number of pyridine rings is 1. The summed E-state index contributed by atoms with van der Waals surface area (Å²) >= 11 is 2.44. The van der Waals surface area contributed by atoms with Crippen LogP contribution in [0.25, 0.3) is 10.9 Å². The Morgan fingerprint density at radius 1 is 1.50 bits per heavy atom. The summed E-state index contributed by atoms with van der Waals surface area (Å²) in [7, 11) is 0. The summed E-state index contributed by atoms with van der Waals surface area (Å²) in [5, 5.41) is 0.849. The number of nitrogens with one attached hydrogen (secondary N) is 1. The van der Waals surface area contributed by atoms with Gasteiger partial charge in [0, 0.05) is 17.8 Å². The number of H-pyrrole nitrogens is 1. The Balaban J connectivity index is 2.99. The van der Waals surface area contributed by atoms with Crippen molar-refractivity contribution < 1.29 is 0 Å². The van der Waals surface area contributed by atoms with Gasteiger partial charge in [0.05, 0.1) is 5.52 Å². The molecule has 0 saturated carbocycles. The summed E-state index contributed by atoms with van der Waals surface area (Å²) < 4.78 is 0.720. The summed E-state index contributed by atoms with van der Waals surface area (Å²) in [5.74, 6) is 0. The van der Waals surface area contributed by atoms with Crippen molar-refractivity contribution in [3.05, 3.63) is 28.9 Å². The maximum atomic E-state index is 10.9. The molecule has 0 aliphatic heterocycles. The van der Waals surface area contributed by atoms with E-state index in [1.54, 1.807) is 18.5 Å². The molecule has 1 N–H and O–H groups in total. The number of hydrogen-bond acceptors (Lipinski definition) is 3. The van der Waals surface area contributed by atoms with Crippen molar-refractivity contribution in [3.8, 4) is 0 Å². The minimum Gasteiger partial charge on any atom is -0.328 e. The fourth-order valence-corrected chi connectivity index (χ4v) is 1.36. The molecule has 2 aromatic rings. The second-order valence-corrected chi connectivity index (χ2v) is 2.93. The van der Waals surface area contributed by atoms with Gasteiger partial charge in [0.15, 0.2) is 0 Å². The molecule has 5 heteroatoms. The van der Waals surface area contributed by atoms with E-state index < -0.39 is 0 Å². The summed E-state index contributed by atoms with van der Waals surface area (Å²) in [5.41, 5.74) is 0.331. The molecule has 0 spiro atoms. The average molecular weight is 173 g/mol. The van der Waals surface area contributed by atoms with E-state index in [2.05, 4.69) is 31.2 Å². The van der Waals surface area contributed by atoms with Crippen molar-refractivity contribution in [1.29, 1.82) is 0 Å². The highest BCUT2D eigenvalue weighted by atomic mass is 27.0. The molecule has 2 aromatic heterocycles. The first kappa shape index (κ1) is 7.47. The first-order valence-corrected chi connectivity index (χ1v) is 3.94. The molecule has 0 amide bonds. The molecule has 0 unspecified atom stereocenters. The molecule has 0 fully saturated rings. The number of rotatable bonds is 0. The van der Waals surface area contributed by atoms with Crippen molar-refractivity contribution in [1.82, 2.24) is 15.0 Å². The van der Waals surface area contributed by atoms with Crippen LogP contribution in [0.3, 0.4) is 0 Å². The molecule has 12 heavy (non-hydrogen) atoms. The summed E-state index contributed by atoms with van der Waals surface area (Å²) in [6.07, 6.45) is 3.28. The predicted molar refractivity (Wildman–Crippen MR) is 45.5 cm³/mol. The number of aromatic nitrogens is 3. The van der Waals surface area contributed by atoms with Gasteiger partial charge in [-0.05, 0) is 6.07 Å². The fourth-order valence-electron chi connectivity index (χ4n) is 1.01. The third kappa shape index (κ3) is 1.13. The zero-order valence-corrected chi connectivity index (χ0v) is 7.27. The van der Waals surface area contributed by atoms with Gasteiger partial charge in [-0.1, -0.05) is 4.56 Å². The SMILES string of the molecule is O=c1nc2ccncc2[c]([Al])[nH]1. The van der Waals surface area contributed by atoms with E-state index in [-0.39, 0.29) is 5.69 Å². The molecule has 0 bridgehead atoms. The maximum Gasteiger partial charge on any atom is 0.344 e. The molecule has 56 valence electrons. The highest BCUT2D eigenvalue weighted by Gasteiger charge is 1.97. The maximum absolute atomic E-state index is 10.9. The lowest BCUT2D eigenvalue weighted by Crippen LogP contribution is -2.23. The zero-order valence-electron chi connectivity index (χ0n) is 6.11. The van der Waals surface area contributed by atoms with Crippen molar-refractivity contribution in [2.24, 2.45) is 0 Å². The standard InChI is InChI=1S/C7H4N3O.Al/c11-7-9-4-5-3-8-2-1-6(5)10-7;/h1-3H,(H,9,10,11);. The van der Waals surface area contributed by atoms with Gasteiger partial charge < -0.3 is 4.98 Å². The molecular formula is C7H4AlN3O. The smallest absolute Gasteiger partial charge is 0.328 e. The quantitative estimate of drug-likeness (QED) is 0.526. The molecule has 0 aliphatic rings. The van der Waals surface area contributed by atoms with Crippen LogP contribution in [0.5, 0.6) is 0 Å². The lowest BCUT2D eigenvalue weighted by Gasteiger charge is -1.98. The molecule has 0 aliphatic carbocycles. The molecule has 4 nitrogen and oxygen atoms in total. The first-order chi connectivity index (χ1) is 5.77. The van der Waals surface area contributed by atoms with Gasteiger partial charge in [0.25, 0.3) is 0 Å². The normalized spacial score (nSPS) is 10.3. The van der Waals surface area contributed by atoms with Crippen LogP contribution in [0.1, 0.15) is 0 Å². The van der Waals surface area contributed by atoms with E-state index in [4.69, 9.17) is 0 Å². The van der Waals surface area contributed by atoms with Crippen LogP contribution < -0.4 is 10.2 Å². The highest BCUT2D eigenvalue weighted by Crippen LogP contribution is 2.00. The number of hydrogen-bond donors (Lipinski definition) is 1. The van der Waals surface area contributed by atoms with Crippen LogP contribution in [-0.4, -0.2) is 31.2 Å². The van der Waals surface area contributed by atoms with E-state index >= 15 is 0 Å². The molecule has 2 rings (SSSR count). The Labute approximate surface area is 76.1 Å². The van der Waals surface area contributed by atoms with E-state index in [0.717, 1.165) is 9.94 Å². The molecule has 0 atom stereocenters. The van der Waals surface area contributed by atoms with Gasteiger partial charge in [-0.3, -0.25) is 4.98 Å². The van der Waals surface area contributed by atoms with Crippen LogP contribution in [-0.2, 0) is 0 Å². The first-order valence-electron chi connectivity index (χ1n) is 3.37. The Morgan fingerprint density at radius 2 is 2.33 bits per heavy atom. The molecule has 2 heterocycles. The van der Waals surface area contributed by atoms with E-state index in [1.165, 1.54) is 0 Å². The zero-order chi connectivity index (χ0) is 8.55. The second-order valence-electron chi connectivity index (χ2n) is 2.35. The van der Waals surface area contributed by atoms with Crippen molar-refractivity contribution >= 4 is 31.7 Å². The minimum atomic E-state index is -0.335. The van der Waals surface area contributed by atoms with Crippen LogP contribution in [0.2, 0.25) is 0 Å². The minimum absolute atomic E-state index is 0.335. The second kappa shape index (κ2) is 2.70. The average Bonchev–Trinajstić information content (AvgIpc) is 2.04. The molecule has 0 aromatic carbocycles. The predicted octanol–water partition coefficient (Wildman–Crippen LogP) is -0.888. The van der Waals surface area contributed by atoms with Gasteiger partial charge in [-0.25, -0.2) is 4.79 Å². The number of aromatic amines is 1. The Kier molecular flexibility index (Phi) is 1.68. The summed E-state index contributed by atoms with van der Waals surface area (Å²) in [6, 6.07) is 1.71. The van der Waals surface area contributed by atoms with E-state index in [1.807, 2.05) is 0 Å².